The van der Waals surface area contributed by atoms with Gasteiger partial charge in [0.1, 0.15) is 58.7 Å². The summed E-state index contributed by atoms with van der Waals surface area (Å²) in [5, 5.41) is 101. The highest BCUT2D eigenvalue weighted by molar-refractivity contribution is 7.17. The number of aromatic hydroxyl groups is 1. The van der Waals surface area contributed by atoms with Gasteiger partial charge in [-0.3, -0.25) is 38.5 Å². The van der Waals surface area contributed by atoms with E-state index in [1.54, 1.807) is 18.3 Å². The summed E-state index contributed by atoms with van der Waals surface area (Å²) in [4.78, 5) is 113. The number of β-amino-alcohol motifs (C(OH)–C–C–N with tert-alkyl or cyclic N) is 1. The number of pyridine rings is 1. The summed E-state index contributed by atoms with van der Waals surface area (Å²) in [5.74, 6) is -6.94. The predicted octanol–water partition coefficient (Wildman–Crippen LogP) is -2.69. The van der Waals surface area contributed by atoms with Gasteiger partial charge in [0, 0.05) is 106 Å². The molecular formula is C62H86N14O15S. The van der Waals surface area contributed by atoms with Crippen LogP contribution in [0.15, 0.2) is 60.8 Å². The summed E-state index contributed by atoms with van der Waals surface area (Å²) in [6, 6.07) is 3.86. The van der Waals surface area contributed by atoms with Gasteiger partial charge in [-0.2, -0.15) is 0 Å². The smallest absolute Gasteiger partial charge is 0.251 e. The Balaban J connectivity index is 0.949. The minimum absolute atomic E-state index is 0.00425. The number of carbonyl (C=O) groups is 7. The van der Waals surface area contributed by atoms with Crippen LogP contribution in [0.2, 0.25) is 0 Å². The SMILES string of the molecule is CC1CCC(N2CCN(c3ccc(-c4nnc(-c5ccc(C(=O)NC6C[C@@H](O)CNC(=O)[C@@H]7[C@@H](O)[C@@H](C)CN7C(=O)[C@H]([C@H](O)CCN)NC(=O)[C@H]([C@H](O)Cc7ccc(O)c(OCCN)c7)NC(=O)[C@@H]7C[C@@H](O)CN7C(=O)[C@H]([C@@H](C)O)NC6=O)cc5)s4)cn3)CC2)CC1. The summed E-state index contributed by atoms with van der Waals surface area (Å²) < 4.78 is 5.52. The first kappa shape index (κ1) is 68.8. The molecule has 2 aromatic carbocycles. The zero-order valence-electron chi connectivity index (χ0n) is 51.8. The molecule has 4 aromatic rings. The summed E-state index contributed by atoms with van der Waals surface area (Å²) in [6.07, 6.45) is -4.99. The molecule has 500 valence electrons. The van der Waals surface area contributed by atoms with Crippen LogP contribution in [-0.2, 0) is 35.2 Å². The number of nitrogens with one attached hydrogen (secondary N) is 5. The highest BCUT2D eigenvalue weighted by Gasteiger charge is 2.50. The molecule has 92 heavy (non-hydrogen) atoms. The lowest BCUT2D eigenvalue weighted by atomic mass is 9.86. The van der Waals surface area contributed by atoms with Crippen LogP contribution in [0.1, 0.15) is 81.6 Å². The van der Waals surface area contributed by atoms with Gasteiger partial charge in [0.05, 0.1) is 36.6 Å². The zero-order valence-corrected chi connectivity index (χ0v) is 52.6. The number of carbonyl (C=O) groups excluding carboxylic acids is 7. The minimum atomic E-state index is -2.04. The third kappa shape index (κ3) is 16.4. The van der Waals surface area contributed by atoms with Crippen LogP contribution in [0, 0.1) is 11.8 Å². The maximum absolute atomic E-state index is 14.7. The van der Waals surface area contributed by atoms with Crippen LogP contribution in [0.4, 0.5) is 5.82 Å². The molecule has 16 N–H and O–H groups in total. The maximum atomic E-state index is 14.7. The van der Waals surface area contributed by atoms with Crippen LogP contribution in [0.5, 0.6) is 11.5 Å². The number of ether oxygens (including phenoxy) is 1. The van der Waals surface area contributed by atoms with Gasteiger partial charge in [0.15, 0.2) is 11.5 Å². The fourth-order valence-electron chi connectivity index (χ4n) is 12.7. The van der Waals surface area contributed by atoms with Crippen LogP contribution >= 0.6 is 11.3 Å². The first-order valence-electron chi connectivity index (χ1n) is 31.4. The number of aliphatic hydroxyl groups excluding tert-OH is 6. The molecule has 9 rings (SSSR count). The average Bonchev–Trinajstić information content (AvgIpc) is 1.63. The topological polar surface area (TPSA) is 434 Å². The maximum Gasteiger partial charge on any atom is 0.251 e. The summed E-state index contributed by atoms with van der Waals surface area (Å²) in [6.45, 7) is 7.20. The number of nitrogens with zero attached hydrogens (tertiary/aromatic N) is 7. The lowest BCUT2D eigenvalue weighted by Crippen LogP contribution is -2.64. The molecule has 1 aliphatic carbocycles. The van der Waals surface area contributed by atoms with Crippen LogP contribution in [0.3, 0.4) is 0 Å². The van der Waals surface area contributed by atoms with Gasteiger partial charge in [-0.1, -0.05) is 43.4 Å². The number of aliphatic hydroxyl groups is 6. The van der Waals surface area contributed by atoms with Crippen LogP contribution < -0.4 is 47.7 Å². The van der Waals surface area contributed by atoms with Crippen molar-refractivity contribution in [2.24, 2.45) is 23.3 Å². The Labute approximate surface area is 536 Å². The van der Waals surface area contributed by atoms with E-state index in [0.717, 1.165) is 60.2 Å². The Kier molecular flexibility index (Phi) is 23.2. The van der Waals surface area contributed by atoms with Crippen molar-refractivity contribution in [2.75, 3.05) is 70.4 Å². The summed E-state index contributed by atoms with van der Waals surface area (Å²) >= 11 is 1.31. The lowest BCUT2D eigenvalue weighted by Gasteiger charge is -2.42. The predicted molar refractivity (Wildman–Crippen MR) is 335 cm³/mol. The number of phenolic OH excluding ortho intramolecular Hbond substituents is 1. The van der Waals surface area contributed by atoms with Gasteiger partial charge in [-0.25, -0.2) is 4.98 Å². The Morgan fingerprint density at radius 3 is 2.07 bits per heavy atom. The number of rotatable bonds is 16. The summed E-state index contributed by atoms with van der Waals surface area (Å²) in [7, 11) is 0. The number of amides is 7. The van der Waals surface area contributed by atoms with Gasteiger partial charge < -0.3 is 93.2 Å². The monoisotopic (exact) mass is 1300 g/mol. The van der Waals surface area contributed by atoms with E-state index < -0.39 is 152 Å². The molecule has 2 aromatic heterocycles. The van der Waals surface area contributed by atoms with Crippen molar-refractivity contribution in [1.82, 2.24) is 56.5 Å². The normalized spacial score (nSPS) is 28.6. The van der Waals surface area contributed by atoms with E-state index in [9.17, 15) is 69.3 Å². The second-order valence-electron chi connectivity index (χ2n) is 24.8. The van der Waals surface area contributed by atoms with E-state index in [4.69, 9.17) is 21.2 Å². The molecule has 30 heteroatoms. The Hall–Kier alpha value is -7.52. The van der Waals surface area contributed by atoms with Crippen molar-refractivity contribution in [3.8, 4) is 32.6 Å². The number of hydrogen-bond donors (Lipinski definition) is 14. The fraction of sp³-hybridized carbons (Fsp3) is 0.581. The van der Waals surface area contributed by atoms with Crippen molar-refractivity contribution in [2.45, 2.75) is 151 Å². The largest absolute Gasteiger partial charge is 0.504 e. The van der Waals surface area contributed by atoms with Gasteiger partial charge in [0.2, 0.25) is 35.4 Å². The molecule has 29 nitrogen and oxygen atoms in total. The van der Waals surface area contributed by atoms with Gasteiger partial charge >= 0.3 is 0 Å². The molecule has 6 heterocycles. The molecule has 1 saturated carbocycles. The number of anilines is 1. The molecule has 7 amide bonds. The number of fused-ring (bicyclic) bond motifs is 2. The van der Waals surface area contributed by atoms with E-state index in [2.05, 4.69) is 53.5 Å². The fourth-order valence-corrected chi connectivity index (χ4v) is 13.5. The van der Waals surface area contributed by atoms with Crippen molar-refractivity contribution in [3.05, 3.63) is 71.9 Å². The Bertz CT molecular complexity index is 3220. The molecule has 0 bridgehead atoms. The zero-order chi connectivity index (χ0) is 66.1. The Morgan fingerprint density at radius 2 is 1.40 bits per heavy atom. The molecule has 0 radical (unpaired) electrons. The van der Waals surface area contributed by atoms with E-state index in [0.29, 0.717) is 21.6 Å². The number of nitrogens with two attached hydrogens (primary N) is 2. The molecule has 0 spiro atoms. The second-order valence-corrected chi connectivity index (χ2v) is 25.8. The number of benzene rings is 2. The molecule has 1 unspecified atom stereocenters. The number of piperazine rings is 1. The van der Waals surface area contributed by atoms with Gasteiger partial charge in [0.25, 0.3) is 5.91 Å². The van der Waals surface area contributed by atoms with Crippen molar-refractivity contribution >= 4 is 58.5 Å². The van der Waals surface area contributed by atoms with Crippen molar-refractivity contribution in [1.29, 1.82) is 0 Å². The summed E-state index contributed by atoms with van der Waals surface area (Å²) in [5.41, 5.74) is 13.1. The van der Waals surface area contributed by atoms with E-state index in [1.807, 2.05) is 12.1 Å². The number of phenols is 1. The quantitative estimate of drug-likeness (QED) is 0.0543. The van der Waals surface area contributed by atoms with Crippen LogP contribution in [0.25, 0.3) is 21.1 Å². The first-order valence-corrected chi connectivity index (χ1v) is 32.3. The highest BCUT2D eigenvalue weighted by atomic mass is 32.1. The van der Waals surface area contributed by atoms with Gasteiger partial charge in [-0.05, 0) is 93.5 Å². The highest BCUT2D eigenvalue weighted by Crippen LogP contribution is 2.33. The van der Waals surface area contributed by atoms with Gasteiger partial charge in [-0.15, -0.1) is 10.2 Å². The Morgan fingerprint density at radius 1 is 0.739 bits per heavy atom. The molecule has 5 fully saturated rings. The number of aromatic nitrogens is 3. The van der Waals surface area contributed by atoms with Crippen molar-refractivity contribution < 1.29 is 74.0 Å². The third-order valence-electron chi connectivity index (χ3n) is 18.0. The average molecular weight is 1300 g/mol. The van der Waals surface area contributed by atoms with E-state index >= 15 is 0 Å². The lowest BCUT2D eigenvalue weighted by molar-refractivity contribution is -0.147. The standard InChI is InChI=1S/C62H86N14O15S/c1-32-4-12-39(13-5-32)73-19-21-74(22-20-73)48-15-11-38(28-65-48)60-72-71-59(92-60)37-9-7-36(8-10-37)54(84)67-42-26-40(78)29-66-58(88)52-53(83)33(2)30-76(52)62(90)51(45(81)16-17-63)70-57(87)50(46(82)24-35-6-14-44(80)47(25-35)91-23-18-64)69-56(86)43-27-41(79)31-75(43)61(89)49(34(3)77)68-55(42)85/h6-11,14-15,25,28,32-34,39-43,45-46,49-53,77-83H,4-5,12-13,16-24,26-27,29-31,63-64H2,1-3H3,(H,66,88)(H,67,84)(H,68,85)(H,69,86)(H,70,87)/t32?,33-,34+,39?,40+,41+,42?,43-,45+,46+,49-,50-,51-,52-,53-/m0/s1. The molecule has 4 saturated heterocycles. The first-order chi connectivity index (χ1) is 44.0. The second kappa shape index (κ2) is 30.9. The number of hydrogen-bond acceptors (Lipinski definition) is 23. The van der Waals surface area contributed by atoms with Crippen molar-refractivity contribution in [3.63, 3.8) is 0 Å². The molecule has 4 aliphatic heterocycles. The van der Waals surface area contributed by atoms with E-state index in [-0.39, 0.29) is 55.3 Å². The van der Waals surface area contributed by atoms with Crippen LogP contribution in [-0.4, -0.2) is 251 Å². The molecular weight excluding hydrogens is 1210 g/mol. The minimum Gasteiger partial charge on any atom is -0.504 e. The molecule has 5 aliphatic rings. The third-order valence-corrected chi connectivity index (χ3v) is 19.0. The van der Waals surface area contributed by atoms with E-state index in [1.165, 1.54) is 74.3 Å². The molecule has 13 atom stereocenters.